The molecule has 2 N–H and O–H groups in total. The van der Waals surface area contributed by atoms with Crippen LogP contribution < -0.4 is 5.32 Å². The van der Waals surface area contributed by atoms with E-state index in [-0.39, 0.29) is 12.0 Å². The maximum atomic E-state index is 12.1. The maximum absolute atomic E-state index is 12.1. The lowest BCUT2D eigenvalue weighted by Gasteiger charge is -2.41. The lowest BCUT2D eigenvalue weighted by Crippen LogP contribution is -2.55. The van der Waals surface area contributed by atoms with Crippen molar-refractivity contribution in [2.24, 2.45) is 0 Å². The zero-order valence-electron chi connectivity index (χ0n) is 13.5. The molecule has 0 bridgehead atoms. The van der Waals surface area contributed by atoms with E-state index in [9.17, 15) is 9.90 Å². The molecule has 0 aliphatic carbocycles. The molecule has 1 aromatic carbocycles. The van der Waals surface area contributed by atoms with Crippen LogP contribution in [0, 0.1) is 0 Å². The van der Waals surface area contributed by atoms with Crippen molar-refractivity contribution in [3.63, 3.8) is 0 Å². The summed E-state index contributed by atoms with van der Waals surface area (Å²) in [6.07, 6.45) is 0.728. The average Bonchev–Trinajstić information content (AvgIpc) is 2.49. The Hall–Kier alpha value is -1.43. The zero-order chi connectivity index (χ0) is 15.9. The molecular weight excluding hydrogens is 278 g/mol. The van der Waals surface area contributed by atoms with Gasteiger partial charge in [-0.15, -0.1) is 0 Å². The van der Waals surface area contributed by atoms with Gasteiger partial charge >= 0.3 is 0 Å². The molecule has 0 radical (unpaired) electrons. The fourth-order valence-electron chi connectivity index (χ4n) is 2.99. The first-order valence-electron chi connectivity index (χ1n) is 8.08. The van der Waals surface area contributed by atoms with Gasteiger partial charge in [-0.05, 0) is 25.5 Å². The van der Waals surface area contributed by atoms with E-state index in [0.717, 1.165) is 31.7 Å². The fourth-order valence-corrected chi connectivity index (χ4v) is 2.99. The third-order valence-electron chi connectivity index (χ3n) is 4.08. The highest BCUT2D eigenvalue weighted by Gasteiger charge is 2.27. The smallest absolute Gasteiger partial charge is 0.238 e. The van der Waals surface area contributed by atoms with Gasteiger partial charge in [0.25, 0.3) is 0 Å². The first-order chi connectivity index (χ1) is 10.6. The number of benzene rings is 1. The van der Waals surface area contributed by atoms with Crippen LogP contribution >= 0.6 is 0 Å². The van der Waals surface area contributed by atoms with E-state index in [2.05, 4.69) is 22.0 Å². The number of β-amino-alcohol motifs (C(OH)–C–C–N with tert-alkyl or cyclic N) is 1. The lowest BCUT2D eigenvalue weighted by molar-refractivity contribution is -0.118. The van der Waals surface area contributed by atoms with Crippen LogP contribution in [0.2, 0.25) is 0 Å². The quantitative estimate of drug-likeness (QED) is 0.834. The predicted octanol–water partition coefficient (Wildman–Crippen LogP) is 1.40. The van der Waals surface area contributed by atoms with Crippen LogP contribution in [-0.4, -0.2) is 65.7 Å². The molecule has 22 heavy (non-hydrogen) atoms. The third-order valence-corrected chi connectivity index (χ3v) is 4.08. The van der Waals surface area contributed by atoms with Gasteiger partial charge in [-0.3, -0.25) is 14.6 Å². The molecule has 1 aliphatic heterocycles. The number of para-hydroxylation sites is 1. The highest BCUT2D eigenvalue weighted by Crippen LogP contribution is 2.13. The summed E-state index contributed by atoms with van der Waals surface area (Å²) in [5, 5.41) is 12.5. The number of hydrogen-bond donors (Lipinski definition) is 2. The number of aliphatic hydroxyl groups is 1. The summed E-state index contributed by atoms with van der Waals surface area (Å²) < 4.78 is 0. The molecule has 0 spiro atoms. The highest BCUT2D eigenvalue weighted by molar-refractivity contribution is 5.92. The highest BCUT2D eigenvalue weighted by atomic mass is 16.3. The van der Waals surface area contributed by atoms with E-state index >= 15 is 0 Å². The maximum Gasteiger partial charge on any atom is 0.238 e. The summed E-state index contributed by atoms with van der Waals surface area (Å²) >= 11 is 0. The molecule has 0 unspecified atom stereocenters. The van der Waals surface area contributed by atoms with Crippen LogP contribution in [0.1, 0.15) is 20.3 Å². The standard InChI is InChI=1S/C17H27N3O2/c1-3-16-12-19(9-10-20(16)11-14(2)21)13-17(22)18-15-7-5-4-6-8-15/h4-8,14,16,21H,3,9-13H2,1-2H3,(H,18,22)/t14-,16-/m1/s1. The second-order valence-electron chi connectivity index (χ2n) is 6.06. The van der Waals surface area contributed by atoms with Crippen LogP contribution in [0.25, 0.3) is 0 Å². The monoisotopic (exact) mass is 305 g/mol. The Balaban J connectivity index is 1.83. The SMILES string of the molecule is CC[C@@H]1CN(CC(=O)Nc2ccccc2)CCN1C[C@@H](C)O. The first kappa shape index (κ1) is 16.9. The molecule has 2 atom stereocenters. The second-order valence-corrected chi connectivity index (χ2v) is 6.06. The van der Waals surface area contributed by atoms with E-state index in [1.54, 1.807) is 0 Å². The van der Waals surface area contributed by atoms with Crippen LogP contribution in [0.5, 0.6) is 0 Å². The average molecular weight is 305 g/mol. The molecule has 2 rings (SSSR count). The number of anilines is 1. The molecule has 1 aliphatic rings. The number of carbonyl (C=O) groups is 1. The minimum Gasteiger partial charge on any atom is -0.392 e. The number of rotatable bonds is 6. The summed E-state index contributed by atoms with van der Waals surface area (Å²) in [4.78, 5) is 16.7. The first-order valence-corrected chi connectivity index (χ1v) is 8.08. The lowest BCUT2D eigenvalue weighted by atomic mass is 10.1. The number of nitrogens with one attached hydrogen (secondary N) is 1. The van der Waals surface area contributed by atoms with Gasteiger partial charge in [0, 0.05) is 37.9 Å². The van der Waals surface area contributed by atoms with Crippen LogP contribution in [-0.2, 0) is 4.79 Å². The topological polar surface area (TPSA) is 55.8 Å². The van der Waals surface area contributed by atoms with Crippen molar-refractivity contribution in [1.82, 2.24) is 9.80 Å². The summed E-state index contributed by atoms with van der Waals surface area (Å²) in [7, 11) is 0. The summed E-state index contributed by atoms with van der Waals surface area (Å²) in [5.41, 5.74) is 0.840. The van der Waals surface area contributed by atoms with Gasteiger partial charge < -0.3 is 10.4 Å². The van der Waals surface area contributed by atoms with Crippen molar-refractivity contribution >= 4 is 11.6 Å². The summed E-state index contributed by atoms with van der Waals surface area (Å²) in [5.74, 6) is 0.0324. The van der Waals surface area contributed by atoms with Gasteiger partial charge in [0.1, 0.15) is 0 Å². The largest absolute Gasteiger partial charge is 0.392 e. The normalized spacial score (nSPS) is 21.5. The van der Waals surface area contributed by atoms with Gasteiger partial charge in [0.2, 0.25) is 5.91 Å². The van der Waals surface area contributed by atoms with Crippen molar-refractivity contribution in [2.75, 3.05) is 38.0 Å². The molecular formula is C17H27N3O2. The number of piperazine rings is 1. The number of nitrogens with zero attached hydrogens (tertiary/aromatic N) is 2. The third kappa shape index (κ3) is 5.09. The Morgan fingerprint density at radius 2 is 2.09 bits per heavy atom. The van der Waals surface area contributed by atoms with Gasteiger partial charge in [-0.1, -0.05) is 25.1 Å². The van der Waals surface area contributed by atoms with Crippen LogP contribution in [0.15, 0.2) is 30.3 Å². The van der Waals surface area contributed by atoms with Gasteiger partial charge in [-0.25, -0.2) is 0 Å². The van der Waals surface area contributed by atoms with Crippen molar-refractivity contribution in [2.45, 2.75) is 32.4 Å². The second kappa shape index (κ2) is 8.27. The molecule has 0 aromatic heterocycles. The van der Waals surface area contributed by atoms with E-state index < -0.39 is 0 Å². The predicted molar refractivity (Wildman–Crippen MR) is 88.8 cm³/mol. The van der Waals surface area contributed by atoms with Crippen molar-refractivity contribution in [1.29, 1.82) is 0 Å². The van der Waals surface area contributed by atoms with E-state index in [0.29, 0.717) is 19.1 Å². The van der Waals surface area contributed by atoms with Gasteiger partial charge in [0.15, 0.2) is 0 Å². The number of hydrogen-bond acceptors (Lipinski definition) is 4. The molecule has 1 heterocycles. The Kier molecular flexibility index (Phi) is 6.36. The number of carbonyl (C=O) groups excluding carboxylic acids is 1. The molecule has 0 saturated carbocycles. The fraction of sp³-hybridized carbons (Fsp3) is 0.588. The Bertz CT molecular complexity index is 464. The van der Waals surface area contributed by atoms with Gasteiger partial charge in [-0.2, -0.15) is 0 Å². The Morgan fingerprint density at radius 1 is 1.36 bits per heavy atom. The van der Waals surface area contributed by atoms with E-state index in [1.807, 2.05) is 37.3 Å². The van der Waals surface area contributed by atoms with Crippen molar-refractivity contribution < 1.29 is 9.90 Å². The molecule has 5 heteroatoms. The summed E-state index contributed by atoms with van der Waals surface area (Å²) in [6, 6.07) is 9.96. The molecule has 1 amide bonds. The van der Waals surface area contributed by atoms with Gasteiger partial charge in [0.05, 0.1) is 12.6 Å². The Morgan fingerprint density at radius 3 is 2.73 bits per heavy atom. The molecule has 1 aromatic rings. The minimum absolute atomic E-state index is 0.0324. The Labute approximate surface area is 132 Å². The van der Waals surface area contributed by atoms with Crippen molar-refractivity contribution in [3.8, 4) is 0 Å². The molecule has 5 nitrogen and oxygen atoms in total. The van der Waals surface area contributed by atoms with E-state index in [1.165, 1.54) is 0 Å². The number of amides is 1. The van der Waals surface area contributed by atoms with Crippen molar-refractivity contribution in [3.05, 3.63) is 30.3 Å². The molecule has 122 valence electrons. The summed E-state index contributed by atoms with van der Waals surface area (Å²) in [6.45, 7) is 7.77. The van der Waals surface area contributed by atoms with Crippen LogP contribution in [0.4, 0.5) is 5.69 Å². The zero-order valence-corrected chi connectivity index (χ0v) is 13.5. The number of aliphatic hydroxyl groups excluding tert-OH is 1. The molecule has 1 saturated heterocycles. The molecule has 1 fully saturated rings. The minimum atomic E-state index is -0.304. The van der Waals surface area contributed by atoms with E-state index in [4.69, 9.17) is 0 Å². The van der Waals surface area contributed by atoms with Crippen LogP contribution in [0.3, 0.4) is 0 Å².